The molecule has 9 heteroatoms. The zero-order valence-electron chi connectivity index (χ0n) is 18.7. The summed E-state index contributed by atoms with van der Waals surface area (Å²) in [5.74, 6) is -0.687. The van der Waals surface area contributed by atoms with Gasteiger partial charge < -0.3 is 15.4 Å². The van der Waals surface area contributed by atoms with Crippen molar-refractivity contribution in [3.8, 4) is 5.69 Å². The van der Waals surface area contributed by atoms with Gasteiger partial charge in [0.1, 0.15) is 11.1 Å². The van der Waals surface area contributed by atoms with Crippen molar-refractivity contribution in [2.75, 3.05) is 23.0 Å². The van der Waals surface area contributed by atoms with E-state index in [9.17, 15) is 14.4 Å². The minimum atomic E-state index is -0.598. The number of hydrogen-bond donors (Lipinski definition) is 2. The first-order chi connectivity index (χ1) is 15.8. The van der Waals surface area contributed by atoms with Crippen LogP contribution in [0.2, 0.25) is 0 Å². The van der Waals surface area contributed by atoms with Gasteiger partial charge in [-0.3, -0.25) is 14.4 Å². The molecule has 1 aromatic heterocycles. The van der Waals surface area contributed by atoms with Gasteiger partial charge in [0.2, 0.25) is 5.91 Å². The molecule has 0 saturated carbocycles. The van der Waals surface area contributed by atoms with Crippen LogP contribution in [0.25, 0.3) is 5.69 Å². The lowest BCUT2D eigenvalue weighted by molar-refractivity contribution is -0.146. The number of carbonyl (C=O) groups excluding carboxylic acids is 3. The van der Waals surface area contributed by atoms with E-state index in [0.717, 1.165) is 28.7 Å². The van der Waals surface area contributed by atoms with E-state index in [1.165, 1.54) is 0 Å². The van der Waals surface area contributed by atoms with Gasteiger partial charge in [-0.2, -0.15) is 5.10 Å². The fraction of sp³-hybridized carbons (Fsp3) is 0.250. The van der Waals surface area contributed by atoms with Gasteiger partial charge in [0, 0.05) is 11.8 Å². The minimum absolute atomic E-state index is 0.0892. The topological polar surface area (TPSA) is 102 Å². The van der Waals surface area contributed by atoms with Gasteiger partial charge in [-0.15, -0.1) is 11.8 Å². The Bertz CT molecular complexity index is 1110. The van der Waals surface area contributed by atoms with Crippen LogP contribution in [-0.4, -0.2) is 45.2 Å². The average molecular weight is 467 g/mol. The van der Waals surface area contributed by atoms with Crippen LogP contribution in [0.4, 0.5) is 11.5 Å². The Morgan fingerprint density at radius 1 is 1.00 bits per heavy atom. The molecule has 0 unspecified atom stereocenters. The molecule has 1 heterocycles. The lowest BCUT2D eigenvalue weighted by atomic mass is 10.2. The van der Waals surface area contributed by atoms with Gasteiger partial charge in [0.25, 0.3) is 5.91 Å². The summed E-state index contributed by atoms with van der Waals surface area (Å²) in [4.78, 5) is 36.6. The Balaban J connectivity index is 1.44. The van der Waals surface area contributed by atoms with Gasteiger partial charge >= 0.3 is 5.97 Å². The molecule has 2 aromatic carbocycles. The molecule has 0 aliphatic carbocycles. The summed E-state index contributed by atoms with van der Waals surface area (Å²) in [7, 11) is 0. The lowest BCUT2D eigenvalue weighted by Crippen LogP contribution is -2.26. The third kappa shape index (κ3) is 7.21. The Morgan fingerprint density at radius 3 is 2.39 bits per heavy atom. The standard InChI is InChI=1S/C24H26N4O4S/c1-16-9-11-19(12-10-16)25-23(30)15-33-18(3)24(31)32-14-22(29)26-21-13-17(2)27-28(21)20-7-5-4-6-8-20/h4-13,18H,14-15H2,1-3H3,(H,25,30)(H,26,29)/t18-/m1/s1. The highest BCUT2D eigenvalue weighted by Gasteiger charge is 2.19. The number of rotatable bonds is 9. The smallest absolute Gasteiger partial charge is 0.319 e. The number of benzene rings is 2. The number of anilines is 2. The molecule has 2 amide bonds. The summed E-state index contributed by atoms with van der Waals surface area (Å²) < 4.78 is 6.73. The second-order valence-electron chi connectivity index (χ2n) is 7.44. The molecule has 1 atom stereocenters. The van der Waals surface area contributed by atoms with E-state index in [2.05, 4.69) is 15.7 Å². The molecule has 3 rings (SSSR count). The Labute approximate surface area is 196 Å². The normalized spacial score (nSPS) is 11.5. The molecule has 0 bridgehead atoms. The predicted molar refractivity (Wildman–Crippen MR) is 130 cm³/mol. The lowest BCUT2D eigenvalue weighted by Gasteiger charge is -2.12. The summed E-state index contributed by atoms with van der Waals surface area (Å²) in [5.41, 5.74) is 3.33. The zero-order chi connectivity index (χ0) is 23.8. The Morgan fingerprint density at radius 2 is 1.70 bits per heavy atom. The second-order valence-corrected chi connectivity index (χ2v) is 8.77. The first-order valence-electron chi connectivity index (χ1n) is 10.4. The molecular weight excluding hydrogens is 440 g/mol. The van der Waals surface area contributed by atoms with E-state index in [1.54, 1.807) is 17.7 Å². The number of nitrogens with one attached hydrogen (secondary N) is 2. The van der Waals surface area contributed by atoms with Crippen LogP contribution in [0.3, 0.4) is 0 Å². The predicted octanol–water partition coefficient (Wildman–Crippen LogP) is 3.73. The van der Waals surface area contributed by atoms with E-state index >= 15 is 0 Å². The third-order valence-corrected chi connectivity index (χ3v) is 5.70. The van der Waals surface area contributed by atoms with Crippen molar-refractivity contribution in [2.24, 2.45) is 0 Å². The number of aromatic nitrogens is 2. The maximum atomic E-state index is 12.3. The fourth-order valence-electron chi connectivity index (χ4n) is 2.89. The van der Waals surface area contributed by atoms with Crippen LogP contribution in [0.1, 0.15) is 18.2 Å². The second kappa shape index (κ2) is 11.3. The molecule has 8 nitrogen and oxygen atoms in total. The summed E-state index contributed by atoms with van der Waals surface area (Å²) in [6.07, 6.45) is 0. The number of carbonyl (C=O) groups is 3. The third-order valence-electron chi connectivity index (χ3n) is 4.58. The van der Waals surface area contributed by atoms with Gasteiger partial charge in [-0.05, 0) is 45.0 Å². The molecular formula is C24H26N4O4S. The van der Waals surface area contributed by atoms with E-state index in [-0.39, 0.29) is 11.7 Å². The van der Waals surface area contributed by atoms with E-state index in [4.69, 9.17) is 4.74 Å². The van der Waals surface area contributed by atoms with Crippen LogP contribution in [0.5, 0.6) is 0 Å². The summed E-state index contributed by atoms with van der Waals surface area (Å²) in [6, 6.07) is 18.6. The van der Waals surface area contributed by atoms with Gasteiger partial charge in [0.05, 0.1) is 17.1 Å². The zero-order valence-corrected chi connectivity index (χ0v) is 19.5. The number of esters is 1. The molecule has 33 heavy (non-hydrogen) atoms. The number of ether oxygens (including phenoxy) is 1. The van der Waals surface area contributed by atoms with Crippen LogP contribution in [0, 0.1) is 13.8 Å². The molecule has 0 fully saturated rings. The molecule has 172 valence electrons. The summed E-state index contributed by atoms with van der Waals surface area (Å²) >= 11 is 1.14. The molecule has 3 aromatic rings. The number of aryl methyl sites for hydroxylation is 2. The molecule has 0 radical (unpaired) electrons. The van der Waals surface area contributed by atoms with Crippen LogP contribution in [0.15, 0.2) is 60.7 Å². The van der Waals surface area contributed by atoms with Crippen molar-refractivity contribution in [1.82, 2.24) is 9.78 Å². The number of para-hydroxylation sites is 1. The van der Waals surface area contributed by atoms with E-state index < -0.39 is 23.7 Å². The molecule has 0 aliphatic rings. The van der Waals surface area contributed by atoms with Crippen LogP contribution < -0.4 is 10.6 Å². The Hall–Kier alpha value is -3.59. The summed E-state index contributed by atoms with van der Waals surface area (Å²) in [5, 5.41) is 9.28. The van der Waals surface area contributed by atoms with Crippen molar-refractivity contribution in [3.05, 3.63) is 71.9 Å². The Kier molecular flexibility index (Phi) is 8.26. The van der Waals surface area contributed by atoms with Crippen molar-refractivity contribution >= 4 is 41.1 Å². The number of nitrogens with zero attached hydrogens (tertiary/aromatic N) is 2. The molecule has 0 aliphatic heterocycles. The minimum Gasteiger partial charge on any atom is -0.455 e. The maximum absolute atomic E-state index is 12.3. The van der Waals surface area contributed by atoms with Crippen molar-refractivity contribution in [3.63, 3.8) is 0 Å². The monoisotopic (exact) mass is 466 g/mol. The maximum Gasteiger partial charge on any atom is 0.319 e. The average Bonchev–Trinajstić information content (AvgIpc) is 3.17. The molecule has 0 saturated heterocycles. The quantitative estimate of drug-likeness (QED) is 0.466. The van der Waals surface area contributed by atoms with Crippen LogP contribution in [-0.2, 0) is 19.1 Å². The molecule has 0 spiro atoms. The van der Waals surface area contributed by atoms with Crippen molar-refractivity contribution in [2.45, 2.75) is 26.0 Å². The van der Waals surface area contributed by atoms with Crippen molar-refractivity contribution < 1.29 is 19.1 Å². The van der Waals surface area contributed by atoms with E-state index in [1.807, 2.05) is 68.4 Å². The largest absolute Gasteiger partial charge is 0.455 e. The number of thioether (sulfide) groups is 1. The number of hydrogen-bond acceptors (Lipinski definition) is 6. The van der Waals surface area contributed by atoms with Crippen LogP contribution >= 0.6 is 11.8 Å². The van der Waals surface area contributed by atoms with Crippen molar-refractivity contribution in [1.29, 1.82) is 0 Å². The molecule has 2 N–H and O–H groups in total. The van der Waals surface area contributed by atoms with Gasteiger partial charge in [0.15, 0.2) is 6.61 Å². The SMILES string of the molecule is Cc1ccc(NC(=O)CS[C@H](C)C(=O)OCC(=O)Nc2cc(C)nn2-c2ccccc2)cc1. The highest BCUT2D eigenvalue weighted by molar-refractivity contribution is 8.01. The van der Waals surface area contributed by atoms with E-state index in [0.29, 0.717) is 11.5 Å². The first-order valence-corrected chi connectivity index (χ1v) is 11.4. The van der Waals surface area contributed by atoms with Gasteiger partial charge in [-0.25, -0.2) is 4.68 Å². The first kappa shape index (κ1) is 24.1. The fourth-order valence-corrected chi connectivity index (χ4v) is 3.57. The highest BCUT2D eigenvalue weighted by Crippen LogP contribution is 2.17. The summed E-state index contributed by atoms with van der Waals surface area (Å²) in [6.45, 7) is 4.99. The van der Waals surface area contributed by atoms with Gasteiger partial charge in [-0.1, -0.05) is 35.9 Å². The highest BCUT2D eigenvalue weighted by atomic mass is 32.2. The number of amides is 2.